The van der Waals surface area contributed by atoms with Crippen LogP contribution in [0.4, 0.5) is 0 Å². The summed E-state index contributed by atoms with van der Waals surface area (Å²) < 4.78 is 8.82. The fourth-order valence-corrected chi connectivity index (χ4v) is 2.77. The van der Waals surface area contributed by atoms with Crippen molar-refractivity contribution in [1.29, 1.82) is 0 Å². The van der Waals surface area contributed by atoms with Crippen molar-refractivity contribution < 1.29 is 4.74 Å². The molecule has 0 bridgehead atoms. The smallest absolute Gasteiger partial charge is 0.119 e. The normalized spacial score (nSPS) is 12.7. The monoisotopic (exact) mass is 371 g/mol. The van der Waals surface area contributed by atoms with Crippen LogP contribution in [-0.4, -0.2) is 23.4 Å². The molecule has 2 aromatic rings. The average Bonchev–Trinajstić information content (AvgIpc) is 2.84. The summed E-state index contributed by atoms with van der Waals surface area (Å²) in [6, 6.07) is 7.70. The molecule has 0 aliphatic carbocycles. The minimum atomic E-state index is 0.0416. The van der Waals surface area contributed by atoms with Gasteiger partial charge in [-0.05, 0) is 61.1 Å². The molecule has 1 aromatic heterocycles. The van der Waals surface area contributed by atoms with Crippen LogP contribution in [0.3, 0.4) is 0 Å². The van der Waals surface area contributed by atoms with Crippen molar-refractivity contribution >= 4 is 27.5 Å². The predicted octanol–water partition coefficient (Wildman–Crippen LogP) is 4.22. The van der Waals surface area contributed by atoms with Crippen LogP contribution in [0.5, 0.6) is 5.75 Å². The van der Waals surface area contributed by atoms with Crippen molar-refractivity contribution in [3.8, 4) is 5.75 Å². The van der Waals surface area contributed by atoms with Crippen LogP contribution in [0, 0.1) is 0 Å². The maximum absolute atomic E-state index is 5.87. The van der Waals surface area contributed by atoms with Crippen LogP contribution in [0.15, 0.2) is 34.9 Å². The van der Waals surface area contributed by atoms with Gasteiger partial charge in [0.1, 0.15) is 12.4 Å². The van der Waals surface area contributed by atoms with E-state index in [4.69, 9.17) is 16.3 Å². The molecule has 0 radical (unpaired) electrons. The van der Waals surface area contributed by atoms with E-state index >= 15 is 0 Å². The summed E-state index contributed by atoms with van der Waals surface area (Å²) in [5.74, 6) is 0.798. The summed E-state index contributed by atoms with van der Waals surface area (Å²) in [4.78, 5) is 0. The summed E-state index contributed by atoms with van der Waals surface area (Å²) in [7, 11) is 1.92. The summed E-state index contributed by atoms with van der Waals surface area (Å²) in [5, 5.41) is 8.39. The second-order valence-electron chi connectivity index (χ2n) is 5.02. The molecule has 1 atom stereocenters. The number of benzene rings is 1. The Labute approximate surface area is 138 Å². The molecule has 0 fully saturated rings. The van der Waals surface area contributed by atoms with Gasteiger partial charge in [0.05, 0.1) is 22.4 Å². The number of aromatic nitrogens is 2. The number of rotatable bonds is 6. The second kappa shape index (κ2) is 7.29. The minimum Gasteiger partial charge on any atom is -0.492 e. The van der Waals surface area contributed by atoms with E-state index in [2.05, 4.69) is 40.2 Å². The molecule has 1 N–H and O–H groups in total. The first-order chi connectivity index (χ1) is 10.0. The maximum Gasteiger partial charge on any atom is 0.119 e. The van der Waals surface area contributed by atoms with Gasteiger partial charge in [-0.2, -0.15) is 5.10 Å². The van der Waals surface area contributed by atoms with Gasteiger partial charge in [0.15, 0.2) is 0 Å². The molecule has 1 unspecified atom stereocenters. The molecule has 6 heteroatoms. The molecule has 0 spiro atoms. The molecule has 114 valence electrons. The highest BCUT2D eigenvalue weighted by atomic mass is 79.9. The van der Waals surface area contributed by atoms with Gasteiger partial charge in [-0.1, -0.05) is 11.6 Å². The van der Waals surface area contributed by atoms with Crippen molar-refractivity contribution in [3.63, 3.8) is 0 Å². The molecular formula is C15H19BrClN3O. The van der Waals surface area contributed by atoms with Crippen molar-refractivity contribution in [2.24, 2.45) is 0 Å². The highest BCUT2D eigenvalue weighted by Crippen LogP contribution is 2.26. The fraction of sp³-hybridized carbons (Fsp3) is 0.400. The Morgan fingerprint density at radius 3 is 2.57 bits per heavy atom. The third kappa shape index (κ3) is 3.99. The summed E-state index contributed by atoms with van der Waals surface area (Å²) in [6.45, 7) is 4.72. The van der Waals surface area contributed by atoms with Crippen LogP contribution < -0.4 is 10.1 Å². The Hall–Kier alpha value is -1.04. The summed E-state index contributed by atoms with van der Waals surface area (Å²) in [5.41, 5.74) is 1.08. The molecule has 0 amide bonds. The van der Waals surface area contributed by atoms with E-state index < -0.39 is 0 Å². The number of hydrogen-bond donors (Lipinski definition) is 1. The number of ether oxygens (including phenoxy) is 1. The number of nitrogens with one attached hydrogen (secondary N) is 1. The zero-order valence-electron chi connectivity index (χ0n) is 12.3. The third-order valence-corrected chi connectivity index (χ3v) is 4.05. The lowest BCUT2D eigenvalue weighted by molar-refractivity contribution is 0.263. The molecule has 0 saturated heterocycles. The van der Waals surface area contributed by atoms with E-state index in [1.165, 1.54) is 0 Å². The first-order valence-corrected chi connectivity index (χ1v) is 7.98. The number of likely N-dealkylation sites (N-methyl/N-ethyl adjacent to an activating group) is 1. The minimum absolute atomic E-state index is 0.0416. The van der Waals surface area contributed by atoms with Crippen LogP contribution in [0.25, 0.3) is 0 Å². The van der Waals surface area contributed by atoms with Gasteiger partial charge < -0.3 is 10.1 Å². The lowest BCUT2D eigenvalue weighted by Crippen LogP contribution is -2.27. The van der Waals surface area contributed by atoms with Crippen LogP contribution >= 0.6 is 27.5 Å². The SMILES string of the molecule is CNC(COc1ccc(Cl)cc1)c1c(Br)cnn1C(C)C. The van der Waals surface area contributed by atoms with Gasteiger partial charge in [-0.15, -0.1) is 0 Å². The van der Waals surface area contributed by atoms with E-state index in [9.17, 15) is 0 Å². The van der Waals surface area contributed by atoms with Crippen molar-refractivity contribution in [2.45, 2.75) is 25.9 Å². The van der Waals surface area contributed by atoms with Crippen LogP contribution in [-0.2, 0) is 0 Å². The first kappa shape index (κ1) is 16.3. The topological polar surface area (TPSA) is 39.1 Å². The van der Waals surface area contributed by atoms with Gasteiger partial charge in [-0.3, -0.25) is 4.68 Å². The lowest BCUT2D eigenvalue weighted by atomic mass is 10.2. The Kier molecular flexibility index (Phi) is 5.67. The van der Waals surface area contributed by atoms with Gasteiger partial charge in [0.25, 0.3) is 0 Å². The number of hydrogen-bond acceptors (Lipinski definition) is 3. The lowest BCUT2D eigenvalue weighted by Gasteiger charge is -2.21. The molecule has 2 rings (SSSR count). The standard InChI is InChI=1S/C15H19BrClN3O/c1-10(2)20-15(13(16)8-19-20)14(18-3)9-21-12-6-4-11(17)5-7-12/h4-8,10,14,18H,9H2,1-3H3. The highest BCUT2D eigenvalue weighted by Gasteiger charge is 2.20. The molecule has 1 aromatic carbocycles. The second-order valence-corrected chi connectivity index (χ2v) is 6.31. The van der Waals surface area contributed by atoms with Gasteiger partial charge in [0, 0.05) is 11.1 Å². The largest absolute Gasteiger partial charge is 0.492 e. The number of nitrogens with zero attached hydrogens (tertiary/aromatic N) is 2. The van der Waals surface area contributed by atoms with Crippen molar-refractivity contribution in [2.75, 3.05) is 13.7 Å². The fourth-order valence-electron chi connectivity index (χ4n) is 2.10. The average molecular weight is 373 g/mol. The highest BCUT2D eigenvalue weighted by molar-refractivity contribution is 9.10. The number of halogens is 2. The van der Waals surface area contributed by atoms with E-state index in [0.717, 1.165) is 15.9 Å². The predicted molar refractivity (Wildman–Crippen MR) is 89.1 cm³/mol. The molecule has 1 heterocycles. The van der Waals surface area contributed by atoms with Crippen molar-refractivity contribution in [3.05, 3.63) is 45.7 Å². The molecule has 0 aliphatic rings. The van der Waals surface area contributed by atoms with Gasteiger partial charge in [-0.25, -0.2) is 0 Å². The van der Waals surface area contributed by atoms with Gasteiger partial charge >= 0.3 is 0 Å². The van der Waals surface area contributed by atoms with E-state index in [1.807, 2.05) is 42.2 Å². The Morgan fingerprint density at radius 1 is 1.33 bits per heavy atom. The molecular weight excluding hydrogens is 354 g/mol. The molecule has 0 aliphatic heterocycles. The Balaban J connectivity index is 2.13. The van der Waals surface area contributed by atoms with Gasteiger partial charge in [0.2, 0.25) is 0 Å². The van der Waals surface area contributed by atoms with E-state index in [-0.39, 0.29) is 12.1 Å². The first-order valence-electron chi connectivity index (χ1n) is 6.81. The Bertz CT molecular complexity index is 583. The summed E-state index contributed by atoms with van der Waals surface area (Å²) >= 11 is 9.44. The van der Waals surface area contributed by atoms with E-state index in [1.54, 1.807) is 0 Å². The van der Waals surface area contributed by atoms with E-state index in [0.29, 0.717) is 11.6 Å². The summed E-state index contributed by atoms with van der Waals surface area (Å²) in [6.07, 6.45) is 1.82. The Morgan fingerprint density at radius 2 is 2.00 bits per heavy atom. The molecule has 21 heavy (non-hydrogen) atoms. The molecule has 0 saturated carbocycles. The van der Waals surface area contributed by atoms with Crippen molar-refractivity contribution in [1.82, 2.24) is 15.1 Å². The quantitative estimate of drug-likeness (QED) is 0.825. The zero-order chi connectivity index (χ0) is 15.4. The maximum atomic E-state index is 5.87. The van der Waals surface area contributed by atoms with Crippen LogP contribution in [0.1, 0.15) is 31.6 Å². The zero-order valence-corrected chi connectivity index (χ0v) is 14.6. The third-order valence-electron chi connectivity index (χ3n) is 3.18. The van der Waals surface area contributed by atoms with Crippen LogP contribution in [0.2, 0.25) is 5.02 Å². The molecule has 4 nitrogen and oxygen atoms in total.